The molecule has 0 fully saturated rings. The molecule has 2 aromatic heterocycles. The van der Waals surface area contributed by atoms with Crippen molar-refractivity contribution in [1.29, 1.82) is 0 Å². The van der Waals surface area contributed by atoms with Crippen molar-refractivity contribution in [3.05, 3.63) is 109 Å². The number of amides is 2. The van der Waals surface area contributed by atoms with Crippen molar-refractivity contribution in [2.24, 2.45) is 0 Å². The molecule has 2 aromatic carbocycles. The lowest BCUT2D eigenvalue weighted by atomic mass is 9.94. The van der Waals surface area contributed by atoms with Crippen LogP contribution in [-0.2, 0) is 11.3 Å². The van der Waals surface area contributed by atoms with Crippen LogP contribution in [0.15, 0.2) is 64.2 Å². The Morgan fingerprint density at radius 2 is 1.81 bits per heavy atom. The Labute approximate surface area is 209 Å². The fourth-order valence-corrected chi connectivity index (χ4v) is 4.42. The first-order chi connectivity index (χ1) is 17.3. The SMILES string of the molecule is Cc1cc(C(=O)NCc2cc(=O)[nH]c(=O)[nH]2)c(C=C2C(=O)Nc3cccc(-c4cccc(Cl)c4)c32)[nH]1. The maximum Gasteiger partial charge on any atom is 0.325 e. The fourth-order valence-electron chi connectivity index (χ4n) is 4.23. The molecule has 10 heteroatoms. The first-order valence-corrected chi connectivity index (χ1v) is 11.4. The molecule has 5 rings (SSSR count). The number of aryl methyl sites for hydroxylation is 1. The second kappa shape index (κ2) is 9.20. The third-order valence-corrected chi connectivity index (χ3v) is 5.97. The van der Waals surface area contributed by atoms with Gasteiger partial charge in [0, 0.05) is 33.7 Å². The number of carbonyl (C=O) groups is 2. The van der Waals surface area contributed by atoms with E-state index in [0.717, 1.165) is 16.8 Å². The highest BCUT2D eigenvalue weighted by Gasteiger charge is 2.28. The van der Waals surface area contributed by atoms with E-state index in [4.69, 9.17) is 11.6 Å². The molecule has 0 bridgehead atoms. The molecule has 0 saturated carbocycles. The van der Waals surface area contributed by atoms with Crippen molar-refractivity contribution < 1.29 is 9.59 Å². The summed E-state index contributed by atoms with van der Waals surface area (Å²) >= 11 is 6.20. The molecule has 0 aliphatic carbocycles. The van der Waals surface area contributed by atoms with Gasteiger partial charge in [0.15, 0.2) is 0 Å². The molecule has 2 amide bonds. The van der Waals surface area contributed by atoms with Crippen LogP contribution in [0.1, 0.15) is 33.0 Å². The van der Waals surface area contributed by atoms with E-state index in [0.29, 0.717) is 33.1 Å². The van der Waals surface area contributed by atoms with Crippen molar-refractivity contribution in [2.75, 3.05) is 5.32 Å². The maximum absolute atomic E-state index is 13.0. The van der Waals surface area contributed by atoms with E-state index in [-0.39, 0.29) is 18.1 Å². The Kier molecular flexibility index (Phi) is 5.91. The molecular formula is C26H20ClN5O4. The van der Waals surface area contributed by atoms with Crippen LogP contribution in [0.5, 0.6) is 0 Å². The minimum atomic E-state index is -0.656. The molecular weight excluding hydrogens is 482 g/mol. The van der Waals surface area contributed by atoms with Crippen LogP contribution < -0.4 is 21.9 Å². The second-order valence-electron chi connectivity index (χ2n) is 8.33. The van der Waals surface area contributed by atoms with E-state index in [1.54, 1.807) is 25.1 Å². The number of hydrogen-bond acceptors (Lipinski definition) is 4. The largest absolute Gasteiger partial charge is 0.358 e. The van der Waals surface area contributed by atoms with Gasteiger partial charge in [0.25, 0.3) is 17.4 Å². The van der Waals surface area contributed by atoms with Crippen molar-refractivity contribution >= 4 is 40.8 Å². The van der Waals surface area contributed by atoms with Crippen LogP contribution in [-0.4, -0.2) is 26.8 Å². The van der Waals surface area contributed by atoms with Gasteiger partial charge in [-0.05, 0) is 48.4 Å². The number of H-pyrrole nitrogens is 3. The van der Waals surface area contributed by atoms with Gasteiger partial charge in [-0.25, -0.2) is 4.79 Å². The number of aromatic nitrogens is 3. The number of halogens is 1. The molecule has 0 atom stereocenters. The molecule has 0 spiro atoms. The van der Waals surface area contributed by atoms with Crippen molar-refractivity contribution in [3.8, 4) is 11.1 Å². The zero-order valence-electron chi connectivity index (χ0n) is 19.0. The number of rotatable bonds is 5. The Morgan fingerprint density at radius 1 is 1.00 bits per heavy atom. The first kappa shape index (κ1) is 23.1. The molecule has 3 heterocycles. The Morgan fingerprint density at radius 3 is 2.58 bits per heavy atom. The van der Waals surface area contributed by atoms with Gasteiger partial charge in [-0.1, -0.05) is 35.9 Å². The van der Waals surface area contributed by atoms with E-state index in [1.165, 1.54) is 6.07 Å². The van der Waals surface area contributed by atoms with Crippen LogP contribution in [0.25, 0.3) is 22.8 Å². The molecule has 1 aliphatic heterocycles. The molecule has 4 aromatic rings. The number of aromatic amines is 3. The van der Waals surface area contributed by atoms with Gasteiger partial charge in [0.1, 0.15) is 0 Å². The topological polar surface area (TPSA) is 140 Å². The van der Waals surface area contributed by atoms with Gasteiger partial charge in [0.05, 0.1) is 23.4 Å². The first-order valence-electron chi connectivity index (χ1n) is 11.0. The average Bonchev–Trinajstić information content (AvgIpc) is 3.36. The maximum atomic E-state index is 13.0. The highest BCUT2D eigenvalue weighted by atomic mass is 35.5. The molecule has 9 nitrogen and oxygen atoms in total. The van der Waals surface area contributed by atoms with Crippen molar-refractivity contribution in [2.45, 2.75) is 13.5 Å². The summed E-state index contributed by atoms with van der Waals surface area (Å²) in [5.74, 6) is -0.728. The van der Waals surface area contributed by atoms with Gasteiger partial charge in [-0.15, -0.1) is 0 Å². The monoisotopic (exact) mass is 501 g/mol. The summed E-state index contributed by atoms with van der Waals surface area (Å²) in [6.45, 7) is 1.74. The normalized spacial score (nSPS) is 13.5. The fraction of sp³-hybridized carbons (Fsp3) is 0.0769. The van der Waals surface area contributed by atoms with Crippen LogP contribution in [0.4, 0.5) is 5.69 Å². The Balaban J connectivity index is 1.51. The number of benzene rings is 2. The number of hydrogen-bond donors (Lipinski definition) is 5. The number of anilines is 1. The predicted octanol–water partition coefficient (Wildman–Crippen LogP) is 3.44. The predicted molar refractivity (Wildman–Crippen MR) is 138 cm³/mol. The van der Waals surface area contributed by atoms with Gasteiger partial charge in [-0.2, -0.15) is 0 Å². The zero-order chi connectivity index (χ0) is 25.4. The summed E-state index contributed by atoms with van der Waals surface area (Å²) in [4.78, 5) is 56.6. The van der Waals surface area contributed by atoms with Gasteiger partial charge < -0.3 is 20.6 Å². The van der Waals surface area contributed by atoms with E-state index in [2.05, 4.69) is 25.6 Å². The van der Waals surface area contributed by atoms with Crippen molar-refractivity contribution in [3.63, 3.8) is 0 Å². The molecule has 0 radical (unpaired) electrons. The molecule has 0 unspecified atom stereocenters. The lowest BCUT2D eigenvalue weighted by Gasteiger charge is -2.09. The standard InChI is InChI=1S/C26H20ClN5O4/c1-13-8-18(24(34)28-12-16-10-22(33)32-26(36)30-16)21(29-13)11-19-23-17(14-4-2-5-15(27)9-14)6-3-7-20(23)31-25(19)35/h2-11,29H,12H2,1H3,(H,28,34)(H,31,35)(H2,30,32,33,36). The van der Waals surface area contributed by atoms with Gasteiger partial charge in [-0.3, -0.25) is 19.4 Å². The highest BCUT2D eigenvalue weighted by molar-refractivity contribution is 6.36. The number of fused-ring (bicyclic) bond motifs is 1. The third-order valence-electron chi connectivity index (χ3n) is 5.73. The second-order valence-corrected chi connectivity index (χ2v) is 8.76. The summed E-state index contributed by atoms with van der Waals surface area (Å²) in [5, 5.41) is 6.16. The number of nitrogens with one attached hydrogen (secondary N) is 5. The molecule has 1 aliphatic rings. The van der Waals surface area contributed by atoms with Crippen LogP contribution in [0.3, 0.4) is 0 Å². The minimum Gasteiger partial charge on any atom is -0.358 e. The molecule has 36 heavy (non-hydrogen) atoms. The summed E-state index contributed by atoms with van der Waals surface area (Å²) in [7, 11) is 0. The number of carbonyl (C=O) groups excluding carboxylic acids is 2. The molecule has 0 saturated heterocycles. The highest BCUT2D eigenvalue weighted by Crippen LogP contribution is 2.41. The summed E-state index contributed by atoms with van der Waals surface area (Å²) < 4.78 is 0. The average molecular weight is 502 g/mol. The van der Waals surface area contributed by atoms with Crippen LogP contribution in [0, 0.1) is 6.92 Å². The van der Waals surface area contributed by atoms with Gasteiger partial charge in [0.2, 0.25) is 0 Å². The minimum absolute atomic E-state index is 0.0551. The third kappa shape index (κ3) is 4.51. The lowest BCUT2D eigenvalue weighted by molar-refractivity contribution is -0.110. The van der Waals surface area contributed by atoms with Crippen molar-refractivity contribution in [1.82, 2.24) is 20.3 Å². The van der Waals surface area contributed by atoms with Gasteiger partial charge >= 0.3 is 5.69 Å². The Bertz CT molecular complexity index is 1650. The lowest BCUT2D eigenvalue weighted by Crippen LogP contribution is -2.28. The quantitative estimate of drug-likeness (QED) is 0.267. The van der Waals surface area contributed by atoms with Crippen LogP contribution >= 0.6 is 11.6 Å². The van der Waals surface area contributed by atoms with Crippen LogP contribution in [0.2, 0.25) is 5.02 Å². The summed E-state index contributed by atoms with van der Waals surface area (Å²) in [5.41, 5.74) is 3.98. The Hall–Kier alpha value is -4.63. The zero-order valence-corrected chi connectivity index (χ0v) is 19.7. The summed E-state index contributed by atoms with van der Waals surface area (Å²) in [6, 6.07) is 15.8. The summed E-state index contributed by atoms with van der Waals surface area (Å²) in [6.07, 6.45) is 1.65. The van der Waals surface area contributed by atoms with E-state index >= 15 is 0 Å². The smallest absolute Gasteiger partial charge is 0.325 e. The molecule has 5 N–H and O–H groups in total. The van der Waals surface area contributed by atoms with E-state index < -0.39 is 17.2 Å². The molecule has 180 valence electrons. The van der Waals surface area contributed by atoms with E-state index in [9.17, 15) is 19.2 Å². The van der Waals surface area contributed by atoms with E-state index in [1.807, 2.05) is 36.4 Å².